The third-order valence-electron chi connectivity index (χ3n) is 4.46. The largest absolute Gasteiger partial charge is 1.00 e. The average molecular weight is 449 g/mol. The van der Waals surface area contributed by atoms with E-state index in [4.69, 9.17) is 19.3 Å². The van der Waals surface area contributed by atoms with Gasteiger partial charge in [-0.25, -0.2) is 4.57 Å². The van der Waals surface area contributed by atoms with Crippen LogP contribution in [0.3, 0.4) is 0 Å². The molecular weight excluding hydrogens is 406 g/mol. The molecule has 0 amide bonds. The topological polar surface area (TPSA) is 102 Å². The maximum Gasteiger partial charge on any atom is 1.00 e. The van der Waals surface area contributed by atoms with Gasteiger partial charge in [-0.2, -0.15) is 0 Å². The van der Waals surface area contributed by atoms with Crippen molar-refractivity contribution < 1.29 is 64.1 Å². The minimum Gasteiger partial charge on any atom is -1.00 e. The maximum atomic E-state index is 11.6. The average Bonchev–Trinajstić information content (AvgIpc) is 2.64. The molecule has 0 aromatic rings. The standard InChI is InChI=1S/C20H41O7P.Na.H/c1-2-3-4-5-6-7-8-9-10-11-12-13-14-15-20(21)26-18-16-25-17-19-27-28(22,23)24;;/h2-19H2,1H3,(H2,22,23,24);;/q;+1;-1. The maximum absolute atomic E-state index is 11.6. The fourth-order valence-electron chi connectivity index (χ4n) is 2.89. The number of ether oxygens (including phenoxy) is 2. The van der Waals surface area contributed by atoms with E-state index in [1.807, 2.05) is 0 Å². The summed E-state index contributed by atoms with van der Waals surface area (Å²) in [5, 5.41) is 0. The van der Waals surface area contributed by atoms with Crippen LogP contribution in [0.15, 0.2) is 0 Å². The van der Waals surface area contributed by atoms with Gasteiger partial charge in [0.25, 0.3) is 0 Å². The molecule has 0 aromatic heterocycles. The molecule has 0 radical (unpaired) electrons. The summed E-state index contributed by atoms with van der Waals surface area (Å²) < 4.78 is 24.7. The molecule has 0 aliphatic carbocycles. The molecule has 0 unspecified atom stereocenters. The Hall–Kier alpha value is 0.540. The zero-order valence-electron chi connectivity index (χ0n) is 19.6. The van der Waals surface area contributed by atoms with E-state index in [2.05, 4.69) is 11.4 Å². The Morgan fingerprint density at radius 2 is 1.21 bits per heavy atom. The van der Waals surface area contributed by atoms with E-state index in [9.17, 15) is 9.36 Å². The number of carbonyl (C=O) groups excluding carboxylic acids is 1. The van der Waals surface area contributed by atoms with Crippen LogP contribution >= 0.6 is 7.82 Å². The first-order chi connectivity index (χ1) is 13.5. The van der Waals surface area contributed by atoms with E-state index >= 15 is 0 Å². The van der Waals surface area contributed by atoms with Gasteiger partial charge in [-0.3, -0.25) is 9.32 Å². The molecule has 29 heavy (non-hydrogen) atoms. The van der Waals surface area contributed by atoms with Crippen molar-refractivity contribution >= 4 is 13.8 Å². The Morgan fingerprint density at radius 3 is 1.69 bits per heavy atom. The summed E-state index contributed by atoms with van der Waals surface area (Å²) in [7, 11) is -4.44. The molecule has 0 fully saturated rings. The second kappa shape index (κ2) is 23.2. The van der Waals surface area contributed by atoms with Crippen LogP contribution in [0.25, 0.3) is 0 Å². The van der Waals surface area contributed by atoms with Crippen LogP contribution in [0.2, 0.25) is 0 Å². The Kier molecular flexibility index (Phi) is 25.4. The number of unbranched alkanes of at least 4 members (excludes halogenated alkanes) is 12. The summed E-state index contributed by atoms with van der Waals surface area (Å²) in [5.41, 5.74) is 0. The number of esters is 1. The van der Waals surface area contributed by atoms with Crippen molar-refractivity contribution in [1.29, 1.82) is 0 Å². The van der Waals surface area contributed by atoms with Crippen molar-refractivity contribution in [3.05, 3.63) is 0 Å². The fraction of sp³-hybridized carbons (Fsp3) is 0.950. The van der Waals surface area contributed by atoms with E-state index in [0.29, 0.717) is 6.42 Å². The number of rotatable bonds is 21. The number of phosphoric ester groups is 1. The van der Waals surface area contributed by atoms with Crippen molar-refractivity contribution in [3.8, 4) is 0 Å². The molecule has 9 heteroatoms. The van der Waals surface area contributed by atoms with Crippen molar-refractivity contribution in [3.63, 3.8) is 0 Å². The van der Waals surface area contributed by atoms with Crippen LogP contribution in [-0.2, 0) is 23.4 Å². The third kappa shape index (κ3) is 28.5. The van der Waals surface area contributed by atoms with Crippen LogP contribution in [0, 0.1) is 0 Å². The summed E-state index contributed by atoms with van der Waals surface area (Å²) in [4.78, 5) is 28.5. The van der Waals surface area contributed by atoms with Crippen molar-refractivity contribution in [1.82, 2.24) is 0 Å². The van der Waals surface area contributed by atoms with Gasteiger partial charge in [-0.05, 0) is 6.42 Å². The van der Waals surface area contributed by atoms with E-state index in [0.717, 1.165) is 12.8 Å². The van der Waals surface area contributed by atoms with Gasteiger partial charge >= 0.3 is 43.3 Å². The molecule has 0 saturated carbocycles. The second-order valence-electron chi connectivity index (χ2n) is 7.15. The van der Waals surface area contributed by atoms with Crippen LogP contribution in [0.1, 0.15) is 98.2 Å². The Morgan fingerprint density at radius 1 is 0.759 bits per heavy atom. The molecule has 170 valence electrons. The minimum atomic E-state index is -4.44. The summed E-state index contributed by atoms with van der Waals surface area (Å²) in [6.07, 6.45) is 17.0. The first-order valence-electron chi connectivity index (χ1n) is 10.9. The van der Waals surface area contributed by atoms with E-state index < -0.39 is 7.82 Å². The zero-order valence-corrected chi connectivity index (χ0v) is 21.5. The molecule has 2 N–H and O–H groups in total. The van der Waals surface area contributed by atoms with Gasteiger partial charge in [0.05, 0.1) is 19.8 Å². The van der Waals surface area contributed by atoms with Crippen LogP contribution in [-0.4, -0.2) is 42.2 Å². The van der Waals surface area contributed by atoms with Gasteiger partial charge in [-0.15, -0.1) is 0 Å². The Balaban J connectivity index is -0.00000364. The summed E-state index contributed by atoms with van der Waals surface area (Å²) >= 11 is 0. The Labute approximate surface area is 200 Å². The van der Waals surface area contributed by atoms with E-state index in [-0.39, 0.29) is 63.4 Å². The van der Waals surface area contributed by atoms with Crippen LogP contribution in [0.4, 0.5) is 0 Å². The smallest absolute Gasteiger partial charge is 1.00 e. The molecule has 0 atom stereocenters. The molecule has 0 aliphatic heterocycles. The zero-order chi connectivity index (χ0) is 20.9. The monoisotopic (exact) mass is 448 g/mol. The summed E-state index contributed by atoms with van der Waals surface area (Å²) in [5.74, 6) is -0.224. The SMILES string of the molecule is CCCCCCCCCCCCCCCC(=O)OCCOCCOP(=O)(O)O.[H-].[Na+]. The van der Waals surface area contributed by atoms with E-state index in [1.54, 1.807) is 0 Å². The van der Waals surface area contributed by atoms with Crippen molar-refractivity contribution in [2.45, 2.75) is 96.8 Å². The van der Waals surface area contributed by atoms with Crippen molar-refractivity contribution in [2.24, 2.45) is 0 Å². The normalized spacial score (nSPS) is 11.3. The third-order valence-corrected chi connectivity index (χ3v) is 4.98. The predicted octanol–water partition coefficient (Wildman–Crippen LogP) is 2.25. The van der Waals surface area contributed by atoms with Crippen molar-refractivity contribution in [2.75, 3.05) is 26.4 Å². The number of carbonyl (C=O) groups is 1. The molecule has 0 rings (SSSR count). The number of hydrogen-bond acceptors (Lipinski definition) is 5. The van der Waals surface area contributed by atoms with Gasteiger partial charge in [-0.1, -0.05) is 84.0 Å². The molecule has 0 spiro atoms. The molecule has 0 saturated heterocycles. The molecular formula is C20H42NaO7P. The number of hydrogen-bond donors (Lipinski definition) is 2. The predicted molar refractivity (Wildman–Crippen MR) is 111 cm³/mol. The Bertz CT molecular complexity index is 411. The number of phosphoric acid groups is 1. The fourth-order valence-corrected chi connectivity index (χ4v) is 3.20. The van der Waals surface area contributed by atoms with Gasteiger partial charge in [0.15, 0.2) is 0 Å². The van der Waals surface area contributed by atoms with Gasteiger partial charge in [0, 0.05) is 6.42 Å². The first kappa shape index (κ1) is 31.7. The summed E-state index contributed by atoms with van der Waals surface area (Å²) in [6, 6.07) is 0. The van der Waals surface area contributed by atoms with Crippen LogP contribution in [0.5, 0.6) is 0 Å². The molecule has 0 aliphatic rings. The quantitative estimate of drug-likeness (QED) is 0.120. The van der Waals surface area contributed by atoms with E-state index in [1.165, 1.54) is 70.6 Å². The second-order valence-corrected chi connectivity index (χ2v) is 8.39. The van der Waals surface area contributed by atoms with Gasteiger partial charge in [0.2, 0.25) is 0 Å². The molecule has 7 nitrogen and oxygen atoms in total. The van der Waals surface area contributed by atoms with Gasteiger partial charge < -0.3 is 20.7 Å². The summed E-state index contributed by atoms with van der Waals surface area (Å²) in [6.45, 7) is 2.43. The molecule has 0 aromatic carbocycles. The van der Waals surface area contributed by atoms with Crippen LogP contribution < -0.4 is 29.6 Å². The van der Waals surface area contributed by atoms with Gasteiger partial charge in [0.1, 0.15) is 6.61 Å². The molecule has 0 heterocycles. The minimum absolute atomic E-state index is 0. The first-order valence-corrected chi connectivity index (χ1v) is 12.4. The molecule has 0 bridgehead atoms.